The summed E-state index contributed by atoms with van der Waals surface area (Å²) in [6, 6.07) is 7.16. The van der Waals surface area contributed by atoms with Crippen LogP contribution >= 0.6 is 23.4 Å². The Morgan fingerprint density at radius 3 is 2.92 bits per heavy atom. The molecule has 0 N–H and O–H groups in total. The van der Waals surface area contributed by atoms with E-state index in [-0.39, 0.29) is 5.43 Å². The van der Waals surface area contributed by atoms with Crippen molar-refractivity contribution in [2.24, 2.45) is 0 Å². The Bertz CT molecular complexity index is 426. The van der Waals surface area contributed by atoms with Crippen molar-refractivity contribution in [1.82, 2.24) is 0 Å². The monoisotopic (exact) mass is 210 g/mol. The molecular formula is C10H7ClOS. The van der Waals surface area contributed by atoms with Crippen LogP contribution in [0.25, 0.3) is 0 Å². The van der Waals surface area contributed by atoms with Gasteiger partial charge in [-0.25, -0.2) is 0 Å². The second-order valence-electron chi connectivity index (χ2n) is 2.80. The highest BCUT2D eigenvalue weighted by molar-refractivity contribution is 8.02. The van der Waals surface area contributed by atoms with Gasteiger partial charge in [0.2, 0.25) is 0 Å². The molecular weight excluding hydrogens is 204 g/mol. The fourth-order valence-corrected chi connectivity index (χ4v) is 2.33. The molecule has 1 aromatic carbocycles. The number of thioether (sulfide) groups is 1. The number of hydrogen-bond donors (Lipinski definition) is 0. The summed E-state index contributed by atoms with van der Waals surface area (Å²) >= 11 is 7.29. The van der Waals surface area contributed by atoms with Gasteiger partial charge in [0.25, 0.3) is 0 Å². The fraction of sp³-hybridized carbons (Fsp3) is 0.100. The van der Waals surface area contributed by atoms with Crippen molar-refractivity contribution in [2.75, 3.05) is 0 Å². The van der Waals surface area contributed by atoms with Gasteiger partial charge in [-0.2, -0.15) is 0 Å². The minimum Gasteiger partial charge on any atom is -0.289 e. The summed E-state index contributed by atoms with van der Waals surface area (Å²) in [7, 11) is 0. The molecule has 0 amide bonds. The molecule has 66 valence electrons. The van der Waals surface area contributed by atoms with Crippen LogP contribution in [0.5, 0.6) is 0 Å². The van der Waals surface area contributed by atoms with Crippen LogP contribution in [-0.2, 0) is 6.42 Å². The van der Waals surface area contributed by atoms with E-state index in [0.29, 0.717) is 6.42 Å². The van der Waals surface area contributed by atoms with Gasteiger partial charge < -0.3 is 0 Å². The van der Waals surface area contributed by atoms with Crippen molar-refractivity contribution in [2.45, 2.75) is 11.3 Å². The van der Waals surface area contributed by atoms with Gasteiger partial charge in [0.15, 0.2) is 5.43 Å². The predicted molar refractivity (Wildman–Crippen MR) is 56.2 cm³/mol. The Balaban J connectivity index is 2.63. The molecule has 0 radical (unpaired) electrons. The molecule has 1 heterocycles. The molecule has 1 aromatic rings. The highest BCUT2D eigenvalue weighted by Gasteiger charge is 2.11. The van der Waals surface area contributed by atoms with E-state index in [1.807, 2.05) is 17.5 Å². The van der Waals surface area contributed by atoms with Crippen LogP contribution in [-0.4, -0.2) is 0 Å². The third-order valence-electron chi connectivity index (χ3n) is 1.84. The Morgan fingerprint density at radius 1 is 1.31 bits per heavy atom. The normalized spacial score (nSPS) is 14.7. The van der Waals surface area contributed by atoms with Gasteiger partial charge in [-0.3, -0.25) is 4.79 Å². The molecule has 1 nitrogen and oxygen atoms in total. The molecule has 1 aliphatic rings. The lowest BCUT2D eigenvalue weighted by Gasteiger charge is -2.08. The van der Waals surface area contributed by atoms with Crippen molar-refractivity contribution in [3.05, 3.63) is 50.5 Å². The zero-order valence-electron chi connectivity index (χ0n) is 6.79. The van der Waals surface area contributed by atoms with Crippen molar-refractivity contribution in [3.8, 4) is 0 Å². The first-order valence-corrected chi connectivity index (χ1v) is 5.16. The summed E-state index contributed by atoms with van der Waals surface area (Å²) in [5, 5.41) is 2.62. The van der Waals surface area contributed by atoms with E-state index in [1.54, 1.807) is 12.1 Å². The van der Waals surface area contributed by atoms with E-state index in [9.17, 15) is 4.79 Å². The third-order valence-corrected chi connectivity index (χ3v) is 3.31. The van der Waals surface area contributed by atoms with Gasteiger partial charge >= 0.3 is 0 Å². The van der Waals surface area contributed by atoms with Gasteiger partial charge in [0.05, 0.1) is 4.90 Å². The predicted octanol–water partition coefficient (Wildman–Crippen LogP) is 2.78. The lowest BCUT2D eigenvalue weighted by Crippen LogP contribution is -2.03. The SMILES string of the molecule is O=c1ccccc2c1SC=C(Cl)C2. The Labute approximate surface area is 85.4 Å². The second kappa shape index (κ2) is 3.56. The summed E-state index contributed by atoms with van der Waals surface area (Å²) in [5.74, 6) is 0. The van der Waals surface area contributed by atoms with E-state index in [0.717, 1.165) is 15.5 Å². The summed E-state index contributed by atoms with van der Waals surface area (Å²) in [4.78, 5) is 12.3. The molecule has 0 saturated heterocycles. The number of hydrogen-bond acceptors (Lipinski definition) is 2. The molecule has 13 heavy (non-hydrogen) atoms. The van der Waals surface area contributed by atoms with Crippen LogP contribution in [0.2, 0.25) is 0 Å². The zero-order valence-corrected chi connectivity index (χ0v) is 8.36. The third kappa shape index (κ3) is 1.79. The fourth-order valence-electron chi connectivity index (χ4n) is 1.24. The van der Waals surface area contributed by atoms with Gasteiger partial charge in [-0.15, -0.1) is 0 Å². The van der Waals surface area contributed by atoms with Crippen LogP contribution in [0.1, 0.15) is 5.56 Å². The molecule has 0 aliphatic carbocycles. The molecule has 0 aromatic heterocycles. The number of fused-ring (bicyclic) bond motifs is 1. The highest BCUT2D eigenvalue weighted by Crippen LogP contribution is 2.30. The standard InChI is InChI=1S/C10H7ClOS/c11-8-5-7-3-1-2-4-9(12)10(7)13-6-8/h1-4,6H,5H2. The average molecular weight is 211 g/mol. The largest absolute Gasteiger partial charge is 0.289 e. The van der Waals surface area contributed by atoms with Crippen LogP contribution in [0.3, 0.4) is 0 Å². The molecule has 1 aliphatic heterocycles. The molecule has 0 saturated carbocycles. The van der Waals surface area contributed by atoms with Crippen LogP contribution in [0.4, 0.5) is 0 Å². The molecule has 3 heteroatoms. The van der Waals surface area contributed by atoms with Gasteiger partial charge in [-0.1, -0.05) is 41.6 Å². The molecule has 2 rings (SSSR count). The van der Waals surface area contributed by atoms with Gasteiger partial charge in [-0.05, 0) is 17.0 Å². The van der Waals surface area contributed by atoms with E-state index < -0.39 is 0 Å². The van der Waals surface area contributed by atoms with Crippen molar-refractivity contribution in [1.29, 1.82) is 0 Å². The van der Waals surface area contributed by atoms with Crippen molar-refractivity contribution >= 4 is 23.4 Å². The van der Waals surface area contributed by atoms with E-state index in [2.05, 4.69) is 0 Å². The first kappa shape index (κ1) is 8.85. The van der Waals surface area contributed by atoms with E-state index in [4.69, 9.17) is 11.6 Å². The average Bonchev–Trinajstić information content (AvgIpc) is 2.28. The molecule has 0 atom stereocenters. The highest BCUT2D eigenvalue weighted by atomic mass is 35.5. The summed E-state index contributed by atoms with van der Waals surface area (Å²) < 4.78 is 0. The first-order chi connectivity index (χ1) is 6.27. The maximum Gasteiger partial charge on any atom is 0.192 e. The van der Waals surface area contributed by atoms with Gasteiger partial charge in [0.1, 0.15) is 0 Å². The van der Waals surface area contributed by atoms with Crippen LogP contribution in [0, 0.1) is 0 Å². The Kier molecular flexibility index (Phi) is 2.42. The van der Waals surface area contributed by atoms with E-state index >= 15 is 0 Å². The minimum absolute atomic E-state index is 0.0745. The van der Waals surface area contributed by atoms with Crippen molar-refractivity contribution < 1.29 is 0 Å². The minimum atomic E-state index is 0.0745. The molecule has 0 fully saturated rings. The maximum atomic E-state index is 11.5. The first-order valence-electron chi connectivity index (χ1n) is 3.91. The maximum absolute atomic E-state index is 11.5. The van der Waals surface area contributed by atoms with Crippen molar-refractivity contribution in [3.63, 3.8) is 0 Å². The smallest absolute Gasteiger partial charge is 0.192 e. The van der Waals surface area contributed by atoms with Crippen LogP contribution < -0.4 is 5.43 Å². The zero-order chi connectivity index (χ0) is 9.26. The Morgan fingerprint density at radius 2 is 2.08 bits per heavy atom. The molecule has 0 bridgehead atoms. The number of allylic oxidation sites excluding steroid dienone is 1. The summed E-state index contributed by atoms with van der Waals surface area (Å²) in [6.45, 7) is 0. The topological polar surface area (TPSA) is 17.1 Å². The van der Waals surface area contributed by atoms with Gasteiger partial charge in [0, 0.05) is 11.5 Å². The quantitative estimate of drug-likeness (QED) is 0.655. The number of halogens is 1. The Hall–Kier alpha value is -0.730. The second-order valence-corrected chi connectivity index (χ2v) is 4.16. The van der Waals surface area contributed by atoms with E-state index in [1.165, 1.54) is 11.8 Å². The summed E-state index contributed by atoms with van der Waals surface area (Å²) in [6.07, 6.45) is 0.674. The lowest BCUT2D eigenvalue weighted by molar-refractivity contribution is 1.15. The number of rotatable bonds is 0. The molecule has 0 unspecified atom stereocenters. The van der Waals surface area contributed by atoms with Crippen LogP contribution in [0.15, 0.2) is 44.4 Å². The lowest BCUT2D eigenvalue weighted by atomic mass is 10.2. The summed E-state index contributed by atoms with van der Waals surface area (Å²) in [5.41, 5.74) is 1.10. The molecule has 0 spiro atoms.